The summed E-state index contributed by atoms with van der Waals surface area (Å²) in [5.41, 5.74) is 1.92. The lowest BCUT2D eigenvalue weighted by molar-refractivity contribution is 0.0963. The summed E-state index contributed by atoms with van der Waals surface area (Å²) in [6.07, 6.45) is -0.829. The van der Waals surface area contributed by atoms with Gasteiger partial charge in [0.1, 0.15) is 6.10 Å². The highest BCUT2D eigenvalue weighted by Gasteiger charge is 2.31. The third-order valence-electron chi connectivity index (χ3n) is 3.62. The molecule has 2 aliphatic heterocycles. The molecule has 6 nitrogen and oxygen atoms in total. The fraction of sp³-hybridized carbons (Fsp3) is 0.500. The lowest BCUT2D eigenvalue weighted by Crippen LogP contribution is -2.36. The van der Waals surface area contributed by atoms with Gasteiger partial charge in [0.05, 0.1) is 26.4 Å². The maximum atomic E-state index is 11.7. The first kappa shape index (κ1) is 13.2. The van der Waals surface area contributed by atoms with E-state index in [1.165, 1.54) is 0 Å². The van der Waals surface area contributed by atoms with Crippen LogP contribution in [0.4, 0.5) is 16.2 Å². The fourth-order valence-electron chi connectivity index (χ4n) is 2.49. The van der Waals surface area contributed by atoms with E-state index in [9.17, 15) is 4.79 Å². The van der Waals surface area contributed by atoms with Crippen LogP contribution < -0.4 is 9.80 Å². The predicted octanol–water partition coefficient (Wildman–Crippen LogP) is 0.841. The molecule has 1 aromatic carbocycles. The van der Waals surface area contributed by atoms with Crippen LogP contribution in [0.15, 0.2) is 24.3 Å². The van der Waals surface area contributed by atoms with Crippen LogP contribution in [0.25, 0.3) is 0 Å². The molecule has 1 amide bonds. The second kappa shape index (κ2) is 5.68. The van der Waals surface area contributed by atoms with Crippen LogP contribution in [-0.4, -0.2) is 56.8 Å². The van der Waals surface area contributed by atoms with E-state index in [0.29, 0.717) is 6.54 Å². The van der Waals surface area contributed by atoms with Gasteiger partial charge in [-0.1, -0.05) is 0 Å². The highest BCUT2D eigenvalue weighted by Crippen LogP contribution is 2.25. The molecule has 2 saturated heterocycles. The Morgan fingerprint density at radius 2 is 1.80 bits per heavy atom. The molecule has 6 heteroatoms. The minimum absolute atomic E-state index is 0.145. The van der Waals surface area contributed by atoms with E-state index in [0.717, 1.165) is 37.7 Å². The molecule has 1 N–H and O–H groups in total. The first-order chi connectivity index (χ1) is 9.78. The molecule has 0 aliphatic carbocycles. The van der Waals surface area contributed by atoms with E-state index in [1.807, 2.05) is 24.3 Å². The molecule has 0 bridgehead atoms. The molecule has 0 aromatic heterocycles. The normalized spacial score (nSPS) is 23.1. The van der Waals surface area contributed by atoms with Gasteiger partial charge in [-0.3, -0.25) is 4.90 Å². The number of morpholine rings is 1. The predicted molar refractivity (Wildman–Crippen MR) is 74.2 cm³/mol. The lowest BCUT2D eigenvalue weighted by atomic mass is 10.2. The maximum absolute atomic E-state index is 11.7. The second-order valence-corrected chi connectivity index (χ2v) is 4.91. The van der Waals surface area contributed by atoms with Gasteiger partial charge < -0.3 is 19.5 Å². The number of hydrogen-bond donors (Lipinski definition) is 1. The zero-order chi connectivity index (χ0) is 13.9. The van der Waals surface area contributed by atoms with Crippen molar-refractivity contribution in [2.24, 2.45) is 0 Å². The Morgan fingerprint density at radius 3 is 2.40 bits per heavy atom. The smallest absolute Gasteiger partial charge is 0.414 e. The van der Waals surface area contributed by atoms with Crippen molar-refractivity contribution in [1.29, 1.82) is 0 Å². The monoisotopic (exact) mass is 278 g/mol. The number of benzene rings is 1. The van der Waals surface area contributed by atoms with Crippen LogP contribution in [0.3, 0.4) is 0 Å². The third kappa shape index (κ3) is 2.57. The van der Waals surface area contributed by atoms with Crippen LogP contribution in [0.5, 0.6) is 0 Å². The van der Waals surface area contributed by atoms with Crippen molar-refractivity contribution in [3.63, 3.8) is 0 Å². The number of carbonyl (C=O) groups excluding carboxylic acids is 1. The molecule has 2 aliphatic rings. The Morgan fingerprint density at radius 1 is 1.15 bits per heavy atom. The number of carbonyl (C=O) groups is 1. The highest BCUT2D eigenvalue weighted by atomic mass is 16.6. The van der Waals surface area contributed by atoms with Gasteiger partial charge in [-0.2, -0.15) is 0 Å². The van der Waals surface area contributed by atoms with Gasteiger partial charge in [-0.25, -0.2) is 4.79 Å². The van der Waals surface area contributed by atoms with Crippen molar-refractivity contribution in [2.45, 2.75) is 6.10 Å². The van der Waals surface area contributed by atoms with E-state index in [4.69, 9.17) is 14.6 Å². The number of hydrogen-bond acceptors (Lipinski definition) is 5. The summed E-state index contributed by atoms with van der Waals surface area (Å²) in [6.45, 7) is 3.52. The minimum atomic E-state index is -0.429. The first-order valence-corrected chi connectivity index (χ1v) is 6.79. The number of cyclic esters (lactones) is 1. The van der Waals surface area contributed by atoms with Gasteiger partial charge >= 0.3 is 6.09 Å². The van der Waals surface area contributed by atoms with E-state index in [1.54, 1.807) is 4.90 Å². The Bertz CT molecular complexity index is 471. The molecule has 3 rings (SSSR count). The van der Waals surface area contributed by atoms with Crippen molar-refractivity contribution in [3.05, 3.63) is 24.3 Å². The van der Waals surface area contributed by atoms with Crippen LogP contribution in [-0.2, 0) is 9.47 Å². The summed E-state index contributed by atoms with van der Waals surface area (Å²) < 4.78 is 10.4. The van der Waals surface area contributed by atoms with E-state index < -0.39 is 12.2 Å². The molecule has 1 atom stereocenters. The SMILES string of the molecule is O=C1OC(CO)CN1c1ccc(N2CCOCC2)cc1. The molecule has 0 spiro atoms. The number of amides is 1. The Hall–Kier alpha value is -1.79. The van der Waals surface area contributed by atoms with Crippen molar-refractivity contribution >= 4 is 17.5 Å². The topological polar surface area (TPSA) is 62.2 Å². The molecule has 108 valence electrons. The maximum Gasteiger partial charge on any atom is 0.414 e. The van der Waals surface area contributed by atoms with E-state index >= 15 is 0 Å². The molecule has 20 heavy (non-hydrogen) atoms. The van der Waals surface area contributed by atoms with E-state index in [2.05, 4.69) is 4.90 Å². The van der Waals surface area contributed by atoms with Gasteiger partial charge in [0, 0.05) is 24.5 Å². The molecular weight excluding hydrogens is 260 g/mol. The van der Waals surface area contributed by atoms with Gasteiger partial charge in [0.2, 0.25) is 0 Å². The average Bonchev–Trinajstić information content (AvgIpc) is 2.89. The van der Waals surface area contributed by atoms with Crippen molar-refractivity contribution in [2.75, 3.05) is 49.3 Å². The Labute approximate surface area is 117 Å². The minimum Gasteiger partial charge on any atom is -0.441 e. The van der Waals surface area contributed by atoms with Crippen LogP contribution in [0.1, 0.15) is 0 Å². The summed E-state index contributed by atoms with van der Waals surface area (Å²) in [7, 11) is 0. The fourth-order valence-corrected chi connectivity index (χ4v) is 2.49. The number of aliphatic hydroxyl groups is 1. The molecule has 0 radical (unpaired) electrons. The summed E-state index contributed by atoms with van der Waals surface area (Å²) in [5.74, 6) is 0. The average molecular weight is 278 g/mol. The molecule has 2 fully saturated rings. The van der Waals surface area contributed by atoms with Crippen molar-refractivity contribution in [1.82, 2.24) is 0 Å². The quantitative estimate of drug-likeness (QED) is 0.887. The summed E-state index contributed by atoms with van der Waals surface area (Å²) in [4.78, 5) is 15.5. The number of rotatable bonds is 3. The zero-order valence-electron chi connectivity index (χ0n) is 11.2. The Kier molecular flexibility index (Phi) is 3.75. The van der Waals surface area contributed by atoms with Gasteiger partial charge in [0.15, 0.2) is 0 Å². The van der Waals surface area contributed by atoms with Gasteiger partial charge in [0.25, 0.3) is 0 Å². The zero-order valence-corrected chi connectivity index (χ0v) is 11.2. The van der Waals surface area contributed by atoms with Crippen molar-refractivity contribution in [3.8, 4) is 0 Å². The van der Waals surface area contributed by atoms with Crippen LogP contribution >= 0.6 is 0 Å². The standard InChI is InChI=1S/C14H18N2O4/c17-10-13-9-16(14(18)20-13)12-3-1-11(2-4-12)15-5-7-19-8-6-15/h1-4,13,17H,5-10H2. The molecule has 0 saturated carbocycles. The van der Waals surface area contributed by atoms with Gasteiger partial charge in [-0.05, 0) is 24.3 Å². The Balaban J connectivity index is 1.71. The first-order valence-electron chi connectivity index (χ1n) is 6.79. The molecule has 2 heterocycles. The highest BCUT2D eigenvalue weighted by molar-refractivity contribution is 5.90. The summed E-state index contributed by atoms with van der Waals surface area (Å²) >= 11 is 0. The molecule has 1 aromatic rings. The number of nitrogens with zero attached hydrogens (tertiary/aromatic N) is 2. The summed E-state index contributed by atoms with van der Waals surface area (Å²) in [5, 5.41) is 9.04. The molecule has 1 unspecified atom stereocenters. The van der Waals surface area contributed by atoms with Crippen LogP contribution in [0.2, 0.25) is 0 Å². The second-order valence-electron chi connectivity index (χ2n) is 4.91. The number of ether oxygens (including phenoxy) is 2. The van der Waals surface area contributed by atoms with Gasteiger partial charge in [-0.15, -0.1) is 0 Å². The largest absolute Gasteiger partial charge is 0.441 e. The van der Waals surface area contributed by atoms with Crippen LogP contribution in [0, 0.1) is 0 Å². The number of aliphatic hydroxyl groups excluding tert-OH is 1. The number of anilines is 2. The lowest BCUT2D eigenvalue weighted by Gasteiger charge is -2.29. The van der Waals surface area contributed by atoms with Crippen molar-refractivity contribution < 1.29 is 19.4 Å². The summed E-state index contributed by atoms with van der Waals surface area (Å²) in [6, 6.07) is 7.82. The van der Waals surface area contributed by atoms with E-state index in [-0.39, 0.29) is 6.61 Å². The third-order valence-corrected chi connectivity index (χ3v) is 3.62. The molecular formula is C14H18N2O4.